The van der Waals surface area contributed by atoms with Gasteiger partial charge >= 0.3 is 0 Å². The van der Waals surface area contributed by atoms with E-state index in [0.29, 0.717) is 6.42 Å². The first-order valence-electron chi connectivity index (χ1n) is 5.84. The van der Waals surface area contributed by atoms with E-state index in [2.05, 4.69) is 31.2 Å². The van der Waals surface area contributed by atoms with Crippen LogP contribution in [0.15, 0.2) is 41.1 Å². The van der Waals surface area contributed by atoms with Crippen LogP contribution in [0.3, 0.4) is 0 Å². The highest BCUT2D eigenvalue weighted by atomic mass is 79.9. The van der Waals surface area contributed by atoms with Crippen molar-refractivity contribution in [2.45, 2.75) is 6.42 Å². The van der Waals surface area contributed by atoms with Gasteiger partial charge in [0.15, 0.2) is 0 Å². The lowest BCUT2D eigenvalue weighted by atomic mass is 10.2. The van der Waals surface area contributed by atoms with Crippen LogP contribution in [0.2, 0.25) is 0 Å². The van der Waals surface area contributed by atoms with Crippen molar-refractivity contribution in [1.29, 1.82) is 0 Å². The number of halogens is 1. The molecule has 0 aliphatic rings. The molecule has 0 saturated carbocycles. The molecule has 0 radical (unpaired) electrons. The van der Waals surface area contributed by atoms with Gasteiger partial charge in [0, 0.05) is 29.1 Å². The molecular formula is C13H11BrN4O. The molecule has 0 spiro atoms. The van der Waals surface area contributed by atoms with Gasteiger partial charge in [0.25, 0.3) is 0 Å². The van der Waals surface area contributed by atoms with E-state index in [4.69, 9.17) is 5.11 Å². The third kappa shape index (κ3) is 2.36. The summed E-state index contributed by atoms with van der Waals surface area (Å²) in [5.41, 5.74) is 2.50. The molecule has 2 heterocycles. The van der Waals surface area contributed by atoms with Gasteiger partial charge in [-0.1, -0.05) is 17.3 Å². The van der Waals surface area contributed by atoms with Crippen LogP contribution >= 0.6 is 15.9 Å². The molecule has 1 N–H and O–H groups in total. The van der Waals surface area contributed by atoms with Gasteiger partial charge in [0.2, 0.25) is 0 Å². The van der Waals surface area contributed by atoms with E-state index in [1.807, 2.05) is 30.5 Å². The molecule has 19 heavy (non-hydrogen) atoms. The van der Waals surface area contributed by atoms with Gasteiger partial charge in [-0.3, -0.25) is 4.98 Å². The lowest BCUT2D eigenvalue weighted by Crippen LogP contribution is -1.97. The van der Waals surface area contributed by atoms with Gasteiger partial charge in [0.05, 0.1) is 23.1 Å². The number of aliphatic hydroxyl groups excluding tert-OH is 1. The molecule has 96 valence electrons. The SMILES string of the molecule is OCCc1cn(-c2cccc3cc(Br)cnc23)nn1. The Balaban J connectivity index is 2.13. The molecule has 3 rings (SSSR count). The number of pyridine rings is 1. The average molecular weight is 319 g/mol. The predicted octanol–water partition coefficient (Wildman–Crippen LogP) is 2.11. The molecule has 0 amide bonds. The fourth-order valence-electron chi connectivity index (χ4n) is 1.95. The summed E-state index contributed by atoms with van der Waals surface area (Å²) in [4.78, 5) is 4.43. The summed E-state index contributed by atoms with van der Waals surface area (Å²) in [6, 6.07) is 7.92. The first-order chi connectivity index (χ1) is 9.28. The van der Waals surface area contributed by atoms with Crippen LogP contribution in [0.4, 0.5) is 0 Å². The summed E-state index contributed by atoms with van der Waals surface area (Å²) < 4.78 is 2.63. The van der Waals surface area contributed by atoms with Gasteiger partial charge in [-0.15, -0.1) is 5.10 Å². The van der Waals surface area contributed by atoms with Crippen molar-refractivity contribution in [2.75, 3.05) is 6.61 Å². The van der Waals surface area contributed by atoms with Crippen LogP contribution in [-0.4, -0.2) is 31.7 Å². The molecule has 0 aliphatic heterocycles. The zero-order valence-corrected chi connectivity index (χ0v) is 11.6. The van der Waals surface area contributed by atoms with Gasteiger partial charge in [0.1, 0.15) is 0 Å². The standard InChI is InChI=1S/C13H11BrN4O/c14-10-6-9-2-1-3-12(13(9)15-7-10)18-8-11(4-5-19)16-17-18/h1-3,6-8,19H,4-5H2. The minimum absolute atomic E-state index is 0.0689. The van der Waals surface area contributed by atoms with E-state index in [1.54, 1.807) is 10.9 Å². The van der Waals surface area contributed by atoms with Crippen LogP contribution in [0.1, 0.15) is 5.69 Å². The number of para-hydroxylation sites is 1. The van der Waals surface area contributed by atoms with Gasteiger partial charge in [-0.25, -0.2) is 4.68 Å². The number of aliphatic hydroxyl groups is 1. The van der Waals surface area contributed by atoms with Crippen molar-refractivity contribution in [3.05, 3.63) is 46.8 Å². The fourth-order valence-corrected chi connectivity index (χ4v) is 2.30. The number of nitrogens with zero attached hydrogens (tertiary/aromatic N) is 4. The quantitative estimate of drug-likeness (QED) is 0.803. The lowest BCUT2D eigenvalue weighted by Gasteiger charge is -2.04. The van der Waals surface area contributed by atoms with E-state index in [0.717, 1.165) is 26.8 Å². The lowest BCUT2D eigenvalue weighted by molar-refractivity contribution is 0.298. The molecule has 0 fully saturated rings. The Morgan fingerprint density at radius 3 is 3.05 bits per heavy atom. The Bertz CT molecular complexity index is 725. The highest BCUT2D eigenvalue weighted by Gasteiger charge is 2.07. The van der Waals surface area contributed by atoms with Gasteiger partial charge in [-0.05, 0) is 28.1 Å². The highest BCUT2D eigenvalue weighted by molar-refractivity contribution is 9.10. The zero-order valence-electron chi connectivity index (χ0n) is 9.99. The third-order valence-electron chi connectivity index (χ3n) is 2.81. The van der Waals surface area contributed by atoms with Crippen molar-refractivity contribution in [1.82, 2.24) is 20.0 Å². The second-order valence-corrected chi connectivity index (χ2v) is 5.05. The number of benzene rings is 1. The number of hydrogen-bond donors (Lipinski definition) is 1. The Morgan fingerprint density at radius 2 is 2.21 bits per heavy atom. The predicted molar refractivity (Wildman–Crippen MR) is 75.1 cm³/mol. The maximum Gasteiger partial charge on any atom is 0.0960 e. The molecule has 6 heteroatoms. The summed E-state index contributed by atoms with van der Waals surface area (Å²) >= 11 is 3.41. The van der Waals surface area contributed by atoms with Crippen LogP contribution in [0.5, 0.6) is 0 Å². The summed E-state index contributed by atoms with van der Waals surface area (Å²) in [6.45, 7) is 0.0689. The minimum atomic E-state index is 0.0689. The van der Waals surface area contributed by atoms with Crippen molar-refractivity contribution >= 4 is 26.8 Å². The van der Waals surface area contributed by atoms with E-state index >= 15 is 0 Å². The Labute approximate surface area is 118 Å². The van der Waals surface area contributed by atoms with Crippen molar-refractivity contribution < 1.29 is 5.11 Å². The van der Waals surface area contributed by atoms with Crippen LogP contribution < -0.4 is 0 Å². The summed E-state index contributed by atoms with van der Waals surface area (Å²) in [6.07, 6.45) is 4.08. The van der Waals surface area contributed by atoms with Gasteiger partial charge in [-0.2, -0.15) is 0 Å². The largest absolute Gasteiger partial charge is 0.396 e. The maximum atomic E-state index is 8.91. The molecule has 5 nitrogen and oxygen atoms in total. The Morgan fingerprint density at radius 1 is 1.32 bits per heavy atom. The topological polar surface area (TPSA) is 63.8 Å². The normalized spacial score (nSPS) is 11.1. The average Bonchev–Trinajstić information content (AvgIpc) is 2.86. The molecule has 0 aliphatic carbocycles. The van der Waals surface area contributed by atoms with E-state index < -0.39 is 0 Å². The van der Waals surface area contributed by atoms with E-state index in [9.17, 15) is 0 Å². The number of fused-ring (bicyclic) bond motifs is 1. The molecular weight excluding hydrogens is 308 g/mol. The van der Waals surface area contributed by atoms with Crippen molar-refractivity contribution in [2.24, 2.45) is 0 Å². The Kier molecular flexibility index (Phi) is 3.27. The smallest absolute Gasteiger partial charge is 0.0960 e. The number of hydrogen-bond acceptors (Lipinski definition) is 4. The third-order valence-corrected chi connectivity index (χ3v) is 3.25. The van der Waals surface area contributed by atoms with Crippen LogP contribution in [0.25, 0.3) is 16.6 Å². The van der Waals surface area contributed by atoms with Crippen LogP contribution in [0, 0.1) is 0 Å². The van der Waals surface area contributed by atoms with Gasteiger partial charge < -0.3 is 5.11 Å². The minimum Gasteiger partial charge on any atom is -0.396 e. The van der Waals surface area contributed by atoms with Crippen molar-refractivity contribution in [3.8, 4) is 5.69 Å². The maximum absolute atomic E-state index is 8.91. The molecule has 0 bridgehead atoms. The fraction of sp³-hybridized carbons (Fsp3) is 0.154. The highest BCUT2D eigenvalue weighted by Crippen LogP contribution is 2.22. The number of rotatable bonds is 3. The molecule has 2 aromatic heterocycles. The molecule has 1 aromatic carbocycles. The molecule has 0 atom stereocenters. The van der Waals surface area contributed by atoms with E-state index in [1.165, 1.54) is 0 Å². The second-order valence-electron chi connectivity index (χ2n) is 4.13. The number of aromatic nitrogens is 4. The molecule has 3 aromatic rings. The monoisotopic (exact) mass is 318 g/mol. The summed E-state index contributed by atoms with van der Waals surface area (Å²) in [7, 11) is 0. The first kappa shape index (κ1) is 12.3. The zero-order chi connectivity index (χ0) is 13.2. The van der Waals surface area contributed by atoms with Crippen molar-refractivity contribution in [3.63, 3.8) is 0 Å². The summed E-state index contributed by atoms with van der Waals surface area (Å²) in [5, 5.41) is 18.0. The Hall–Kier alpha value is -1.79. The summed E-state index contributed by atoms with van der Waals surface area (Å²) in [5.74, 6) is 0. The second kappa shape index (κ2) is 5.07. The first-order valence-corrected chi connectivity index (χ1v) is 6.64. The van der Waals surface area contributed by atoms with E-state index in [-0.39, 0.29) is 6.61 Å². The molecule has 0 saturated heterocycles. The molecule has 0 unspecified atom stereocenters. The van der Waals surface area contributed by atoms with Crippen LogP contribution in [-0.2, 0) is 6.42 Å².